The molecule has 0 unspecified atom stereocenters. The fourth-order valence-electron chi connectivity index (χ4n) is 4.70. The minimum atomic E-state index is 1.18. The summed E-state index contributed by atoms with van der Waals surface area (Å²) in [6.45, 7) is 2.16. The van der Waals surface area contributed by atoms with Gasteiger partial charge in [0.05, 0.1) is 11.0 Å². The molecule has 0 fully saturated rings. The van der Waals surface area contributed by atoms with E-state index >= 15 is 0 Å². The molecule has 32 heavy (non-hydrogen) atoms. The van der Waals surface area contributed by atoms with Gasteiger partial charge in [-0.25, -0.2) is 0 Å². The zero-order valence-corrected chi connectivity index (χ0v) is 18.0. The molecular weight excluding hydrogens is 386 g/mol. The molecule has 0 N–H and O–H groups in total. The van der Waals surface area contributed by atoms with Gasteiger partial charge in [0, 0.05) is 16.5 Å². The lowest BCUT2D eigenvalue weighted by molar-refractivity contribution is 1.18. The normalized spacial score (nSPS) is 11.3. The van der Waals surface area contributed by atoms with E-state index in [2.05, 4.69) is 133 Å². The Kier molecular flexibility index (Phi) is 4.40. The highest BCUT2D eigenvalue weighted by molar-refractivity contribution is 6.09. The van der Waals surface area contributed by atoms with Crippen molar-refractivity contribution < 1.29 is 0 Å². The summed E-state index contributed by atoms with van der Waals surface area (Å²) in [6.07, 6.45) is 0. The van der Waals surface area contributed by atoms with Gasteiger partial charge in [-0.15, -0.1) is 0 Å². The van der Waals surface area contributed by atoms with Crippen LogP contribution >= 0.6 is 0 Å². The molecule has 1 nitrogen and oxygen atoms in total. The van der Waals surface area contributed by atoms with Crippen LogP contribution in [0.25, 0.3) is 49.7 Å². The molecular formula is C31H23N. The number of fused-ring (bicyclic) bond motifs is 3. The van der Waals surface area contributed by atoms with Crippen LogP contribution in [0.3, 0.4) is 0 Å². The number of para-hydroxylation sites is 1. The lowest BCUT2D eigenvalue weighted by atomic mass is 9.99. The fraction of sp³-hybridized carbons (Fsp3) is 0.0323. The van der Waals surface area contributed by atoms with E-state index in [1.54, 1.807) is 0 Å². The van der Waals surface area contributed by atoms with Gasteiger partial charge in [-0.3, -0.25) is 0 Å². The molecule has 0 aliphatic carbocycles. The first kappa shape index (κ1) is 18.7. The highest BCUT2D eigenvalue weighted by atomic mass is 15.0. The molecule has 1 heteroatoms. The topological polar surface area (TPSA) is 4.93 Å². The van der Waals surface area contributed by atoms with E-state index in [9.17, 15) is 0 Å². The lowest BCUT2D eigenvalue weighted by Crippen LogP contribution is -1.94. The second-order valence-electron chi connectivity index (χ2n) is 8.37. The molecule has 0 spiro atoms. The first-order valence-electron chi connectivity index (χ1n) is 11.0. The van der Waals surface area contributed by atoms with Gasteiger partial charge in [0.1, 0.15) is 0 Å². The van der Waals surface area contributed by atoms with E-state index in [1.807, 2.05) is 0 Å². The maximum atomic E-state index is 2.38. The monoisotopic (exact) mass is 409 g/mol. The number of hydrogen-bond acceptors (Lipinski definition) is 0. The van der Waals surface area contributed by atoms with Gasteiger partial charge in [0.15, 0.2) is 0 Å². The maximum Gasteiger partial charge on any atom is 0.0541 e. The van der Waals surface area contributed by atoms with Crippen molar-refractivity contribution in [2.45, 2.75) is 6.92 Å². The van der Waals surface area contributed by atoms with E-state index in [-0.39, 0.29) is 0 Å². The van der Waals surface area contributed by atoms with Gasteiger partial charge in [0.25, 0.3) is 0 Å². The largest absolute Gasteiger partial charge is 0.309 e. The summed E-state index contributed by atoms with van der Waals surface area (Å²) in [7, 11) is 0. The number of nitrogens with zero attached hydrogens (tertiary/aromatic N) is 1. The Morgan fingerprint density at radius 2 is 1.06 bits per heavy atom. The molecule has 152 valence electrons. The summed E-state index contributed by atoms with van der Waals surface area (Å²) in [5.41, 5.74) is 9.87. The summed E-state index contributed by atoms with van der Waals surface area (Å²) in [6, 6.07) is 43.7. The number of benzene rings is 5. The van der Waals surface area contributed by atoms with Crippen molar-refractivity contribution in [2.24, 2.45) is 0 Å². The molecule has 0 aliphatic heterocycles. The molecule has 0 saturated carbocycles. The highest BCUT2D eigenvalue weighted by Gasteiger charge is 2.12. The molecule has 1 heterocycles. The molecule has 0 bridgehead atoms. The van der Waals surface area contributed by atoms with Gasteiger partial charge < -0.3 is 4.57 Å². The van der Waals surface area contributed by atoms with E-state index in [0.717, 1.165) is 0 Å². The van der Waals surface area contributed by atoms with Crippen molar-refractivity contribution in [3.8, 4) is 27.9 Å². The molecule has 1 aromatic heterocycles. The Balaban J connectivity index is 1.53. The van der Waals surface area contributed by atoms with Crippen LogP contribution in [0.1, 0.15) is 5.56 Å². The van der Waals surface area contributed by atoms with Crippen LogP contribution in [0.4, 0.5) is 0 Å². The Bertz CT molecular complexity index is 1570. The van der Waals surface area contributed by atoms with Gasteiger partial charge in [-0.2, -0.15) is 0 Å². The van der Waals surface area contributed by atoms with E-state index in [1.165, 1.54) is 55.3 Å². The third-order valence-corrected chi connectivity index (χ3v) is 6.24. The van der Waals surface area contributed by atoms with E-state index < -0.39 is 0 Å². The smallest absolute Gasteiger partial charge is 0.0541 e. The van der Waals surface area contributed by atoms with Crippen molar-refractivity contribution in [2.75, 3.05) is 0 Å². The standard InChI is InChI=1S/C31H23N/c1-22-17-18-31-29(19-22)28-15-5-6-16-30(28)32(31)27-14-8-13-26(21-27)25-12-7-11-24(20-25)23-9-3-2-4-10-23/h2-21H,1H3. The quantitative estimate of drug-likeness (QED) is 0.276. The third kappa shape index (κ3) is 3.11. The molecule has 6 rings (SSSR count). The van der Waals surface area contributed by atoms with Crippen LogP contribution in [0.15, 0.2) is 121 Å². The van der Waals surface area contributed by atoms with Crippen molar-refractivity contribution in [1.29, 1.82) is 0 Å². The predicted octanol–water partition coefficient (Wildman–Crippen LogP) is 8.43. The van der Waals surface area contributed by atoms with Crippen molar-refractivity contribution in [1.82, 2.24) is 4.57 Å². The first-order valence-corrected chi connectivity index (χ1v) is 11.0. The maximum absolute atomic E-state index is 2.38. The van der Waals surface area contributed by atoms with Crippen molar-refractivity contribution in [3.63, 3.8) is 0 Å². The van der Waals surface area contributed by atoms with Crippen LogP contribution in [0.5, 0.6) is 0 Å². The third-order valence-electron chi connectivity index (χ3n) is 6.24. The lowest BCUT2D eigenvalue weighted by Gasteiger charge is -2.11. The number of hydrogen-bond donors (Lipinski definition) is 0. The van der Waals surface area contributed by atoms with Crippen LogP contribution in [0, 0.1) is 6.92 Å². The zero-order valence-electron chi connectivity index (χ0n) is 18.0. The first-order chi connectivity index (χ1) is 15.8. The minimum Gasteiger partial charge on any atom is -0.309 e. The Morgan fingerprint density at radius 3 is 1.91 bits per heavy atom. The molecule has 0 aliphatic rings. The Morgan fingerprint density at radius 1 is 0.438 bits per heavy atom. The van der Waals surface area contributed by atoms with Crippen molar-refractivity contribution >= 4 is 21.8 Å². The molecule has 5 aromatic carbocycles. The van der Waals surface area contributed by atoms with E-state index in [4.69, 9.17) is 0 Å². The van der Waals surface area contributed by atoms with Gasteiger partial charge >= 0.3 is 0 Å². The second kappa shape index (κ2) is 7.55. The summed E-state index contributed by atoms with van der Waals surface area (Å²) in [5.74, 6) is 0. The average Bonchev–Trinajstić information content (AvgIpc) is 3.18. The molecule has 0 saturated heterocycles. The number of aromatic nitrogens is 1. The molecule has 6 aromatic rings. The van der Waals surface area contributed by atoms with Gasteiger partial charge in [-0.05, 0) is 65.6 Å². The molecule has 0 radical (unpaired) electrons. The van der Waals surface area contributed by atoms with Crippen LogP contribution < -0.4 is 0 Å². The average molecular weight is 410 g/mol. The van der Waals surface area contributed by atoms with Crippen LogP contribution in [0.2, 0.25) is 0 Å². The fourth-order valence-corrected chi connectivity index (χ4v) is 4.70. The zero-order chi connectivity index (χ0) is 21.5. The highest BCUT2D eigenvalue weighted by Crippen LogP contribution is 2.34. The number of rotatable bonds is 3. The summed E-state index contributed by atoms with van der Waals surface area (Å²) < 4.78 is 2.38. The molecule has 0 atom stereocenters. The molecule has 0 amide bonds. The minimum absolute atomic E-state index is 1.18. The van der Waals surface area contributed by atoms with E-state index in [0.29, 0.717) is 0 Å². The van der Waals surface area contributed by atoms with Crippen molar-refractivity contribution in [3.05, 3.63) is 127 Å². The Hall–Kier alpha value is -4.10. The SMILES string of the molecule is Cc1ccc2c(c1)c1ccccc1n2-c1cccc(-c2cccc(-c3ccccc3)c2)c1. The van der Waals surface area contributed by atoms with Crippen LogP contribution in [-0.4, -0.2) is 4.57 Å². The number of aryl methyl sites for hydroxylation is 1. The summed E-state index contributed by atoms with van der Waals surface area (Å²) >= 11 is 0. The van der Waals surface area contributed by atoms with Gasteiger partial charge in [-0.1, -0.05) is 90.5 Å². The van der Waals surface area contributed by atoms with Gasteiger partial charge in [0.2, 0.25) is 0 Å². The second-order valence-corrected chi connectivity index (χ2v) is 8.37. The summed E-state index contributed by atoms with van der Waals surface area (Å²) in [5, 5.41) is 2.60. The predicted molar refractivity (Wildman–Crippen MR) is 136 cm³/mol. The van der Waals surface area contributed by atoms with Crippen LogP contribution in [-0.2, 0) is 0 Å². The Labute approximate surface area is 188 Å². The summed E-state index contributed by atoms with van der Waals surface area (Å²) in [4.78, 5) is 0.